The summed E-state index contributed by atoms with van der Waals surface area (Å²) in [6.07, 6.45) is -4.70. The number of hydrogen-bond donors (Lipinski definition) is 1. The van der Waals surface area contributed by atoms with Crippen LogP contribution < -0.4 is 0 Å². The largest absolute Gasteiger partial charge is 0.416 e. The van der Waals surface area contributed by atoms with Crippen molar-refractivity contribution in [1.29, 1.82) is 0 Å². The summed E-state index contributed by atoms with van der Waals surface area (Å²) >= 11 is 10.5. The van der Waals surface area contributed by atoms with E-state index < -0.39 is 33.3 Å². The van der Waals surface area contributed by atoms with Crippen LogP contribution in [-0.2, 0) is 6.18 Å². The van der Waals surface area contributed by atoms with Crippen molar-refractivity contribution in [3.8, 4) is 0 Å². The Hall–Kier alpha value is -1.01. The molecule has 1 aromatic carbocycles. The van der Waals surface area contributed by atoms with E-state index in [0.29, 0.717) is 12.1 Å². The van der Waals surface area contributed by atoms with Crippen LogP contribution in [0.3, 0.4) is 0 Å². The molecular formula is C8H3Cl2F4NO. The second kappa shape index (κ2) is 4.47. The van der Waals surface area contributed by atoms with Gasteiger partial charge in [0, 0.05) is 0 Å². The number of alkyl halides is 3. The summed E-state index contributed by atoms with van der Waals surface area (Å²) in [6, 6.07) is 0.825. The van der Waals surface area contributed by atoms with Gasteiger partial charge in [-0.25, -0.2) is 4.39 Å². The minimum Gasteiger partial charge on any atom is -0.410 e. The van der Waals surface area contributed by atoms with Gasteiger partial charge >= 0.3 is 6.18 Å². The fraction of sp³-hybridized carbons (Fsp3) is 0.125. The van der Waals surface area contributed by atoms with Crippen molar-refractivity contribution in [3.63, 3.8) is 0 Å². The van der Waals surface area contributed by atoms with E-state index in [1.165, 1.54) is 0 Å². The summed E-state index contributed by atoms with van der Waals surface area (Å²) in [4.78, 5) is 0. The summed E-state index contributed by atoms with van der Waals surface area (Å²) < 4.78 is 50.2. The lowest BCUT2D eigenvalue weighted by atomic mass is 10.1. The average molecular weight is 276 g/mol. The van der Waals surface area contributed by atoms with Crippen LogP contribution >= 0.6 is 23.2 Å². The van der Waals surface area contributed by atoms with Gasteiger partial charge in [-0.05, 0) is 12.1 Å². The molecule has 0 aromatic heterocycles. The van der Waals surface area contributed by atoms with Crippen molar-refractivity contribution in [1.82, 2.24) is 0 Å². The lowest BCUT2D eigenvalue weighted by Gasteiger charge is -2.09. The molecule has 0 aliphatic rings. The molecule has 0 bridgehead atoms. The lowest BCUT2D eigenvalue weighted by molar-refractivity contribution is -0.137. The molecule has 0 unspecified atom stereocenters. The quantitative estimate of drug-likeness (QED) is 0.359. The number of rotatable bonds is 1. The van der Waals surface area contributed by atoms with E-state index in [9.17, 15) is 17.6 Å². The molecule has 16 heavy (non-hydrogen) atoms. The Kier molecular flexibility index (Phi) is 3.64. The third-order valence-corrected chi connectivity index (χ3v) is 2.22. The molecule has 0 atom stereocenters. The molecule has 0 aliphatic carbocycles. The second-order valence-corrected chi connectivity index (χ2v) is 3.47. The van der Waals surface area contributed by atoms with E-state index >= 15 is 0 Å². The Morgan fingerprint density at radius 3 is 2.31 bits per heavy atom. The maximum atomic E-state index is 13.2. The highest BCUT2D eigenvalue weighted by Crippen LogP contribution is 2.33. The SMILES string of the molecule is O/N=C(/Cl)c1cc(C(F)(F)F)cc(Cl)c1F. The van der Waals surface area contributed by atoms with Crippen molar-refractivity contribution in [3.05, 3.63) is 34.1 Å². The molecule has 0 spiro atoms. The van der Waals surface area contributed by atoms with Crippen LogP contribution in [0.5, 0.6) is 0 Å². The molecular weight excluding hydrogens is 273 g/mol. The first-order valence-corrected chi connectivity index (χ1v) is 4.47. The maximum Gasteiger partial charge on any atom is 0.416 e. The molecule has 1 rings (SSSR count). The topological polar surface area (TPSA) is 32.6 Å². The van der Waals surface area contributed by atoms with Crippen LogP contribution in [0.4, 0.5) is 17.6 Å². The van der Waals surface area contributed by atoms with Gasteiger partial charge in [-0.2, -0.15) is 13.2 Å². The highest BCUT2D eigenvalue weighted by Gasteiger charge is 2.32. The molecule has 0 amide bonds. The van der Waals surface area contributed by atoms with Crippen LogP contribution in [0.25, 0.3) is 0 Å². The van der Waals surface area contributed by atoms with E-state index in [-0.39, 0.29) is 0 Å². The fourth-order valence-electron chi connectivity index (χ4n) is 0.957. The molecule has 0 saturated carbocycles. The molecule has 1 aromatic rings. The van der Waals surface area contributed by atoms with Gasteiger partial charge in [0.2, 0.25) is 0 Å². The highest BCUT2D eigenvalue weighted by molar-refractivity contribution is 6.69. The molecule has 0 radical (unpaired) electrons. The first kappa shape index (κ1) is 13.1. The summed E-state index contributed by atoms with van der Waals surface area (Å²) in [5.41, 5.74) is -1.90. The average Bonchev–Trinajstić information content (AvgIpc) is 2.19. The normalized spacial score (nSPS) is 13.0. The van der Waals surface area contributed by atoms with E-state index in [1.54, 1.807) is 0 Å². The smallest absolute Gasteiger partial charge is 0.410 e. The molecule has 88 valence electrons. The van der Waals surface area contributed by atoms with Crippen LogP contribution in [0.1, 0.15) is 11.1 Å². The van der Waals surface area contributed by atoms with Crippen molar-refractivity contribution in [2.45, 2.75) is 6.18 Å². The molecule has 0 saturated heterocycles. The predicted molar refractivity (Wildman–Crippen MR) is 50.6 cm³/mol. The van der Waals surface area contributed by atoms with E-state index in [2.05, 4.69) is 5.16 Å². The zero-order valence-corrected chi connectivity index (χ0v) is 8.83. The molecule has 8 heteroatoms. The monoisotopic (exact) mass is 275 g/mol. The summed E-state index contributed by atoms with van der Waals surface area (Å²) in [5.74, 6) is -1.18. The third-order valence-electron chi connectivity index (χ3n) is 1.67. The van der Waals surface area contributed by atoms with E-state index in [1.807, 2.05) is 0 Å². The first-order chi connectivity index (χ1) is 7.27. The van der Waals surface area contributed by atoms with Gasteiger partial charge in [-0.3, -0.25) is 0 Å². The van der Waals surface area contributed by atoms with Crippen LogP contribution in [0, 0.1) is 5.82 Å². The Balaban J connectivity index is 3.45. The fourth-order valence-corrected chi connectivity index (χ4v) is 1.31. The van der Waals surface area contributed by atoms with Gasteiger partial charge in [-0.1, -0.05) is 28.4 Å². The molecule has 2 nitrogen and oxygen atoms in total. The number of oxime groups is 1. The van der Waals surface area contributed by atoms with Gasteiger partial charge < -0.3 is 5.21 Å². The number of hydrogen-bond acceptors (Lipinski definition) is 2. The Bertz CT molecular complexity index is 444. The molecule has 1 N–H and O–H groups in total. The Labute approximate surface area is 97.1 Å². The first-order valence-electron chi connectivity index (χ1n) is 3.71. The van der Waals surface area contributed by atoms with Gasteiger partial charge in [0.25, 0.3) is 0 Å². The van der Waals surface area contributed by atoms with Crippen LogP contribution in [-0.4, -0.2) is 10.4 Å². The number of benzene rings is 1. The zero-order chi connectivity index (χ0) is 12.5. The second-order valence-electron chi connectivity index (χ2n) is 2.71. The zero-order valence-electron chi connectivity index (χ0n) is 7.32. The van der Waals surface area contributed by atoms with Gasteiger partial charge in [0.1, 0.15) is 0 Å². The van der Waals surface area contributed by atoms with Gasteiger partial charge in [0.15, 0.2) is 11.0 Å². The summed E-state index contributed by atoms with van der Waals surface area (Å²) in [7, 11) is 0. The molecule has 0 fully saturated rings. The Morgan fingerprint density at radius 2 is 1.88 bits per heavy atom. The van der Waals surface area contributed by atoms with Crippen molar-refractivity contribution < 1.29 is 22.8 Å². The van der Waals surface area contributed by atoms with Crippen molar-refractivity contribution in [2.24, 2.45) is 5.16 Å². The maximum absolute atomic E-state index is 13.2. The molecule has 0 aliphatic heterocycles. The number of nitrogens with zero attached hydrogens (tertiary/aromatic N) is 1. The number of halogens is 6. The van der Waals surface area contributed by atoms with Crippen molar-refractivity contribution >= 4 is 28.4 Å². The minimum absolute atomic E-state index is 0.406. The third kappa shape index (κ3) is 2.56. The van der Waals surface area contributed by atoms with E-state index in [0.717, 1.165) is 0 Å². The van der Waals surface area contributed by atoms with Crippen LogP contribution in [0.2, 0.25) is 5.02 Å². The highest BCUT2D eigenvalue weighted by atomic mass is 35.5. The summed E-state index contributed by atoms with van der Waals surface area (Å²) in [6.45, 7) is 0. The molecule has 0 heterocycles. The minimum atomic E-state index is -4.70. The lowest BCUT2D eigenvalue weighted by Crippen LogP contribution is -2.08. The Morgan fingerprint density at radius 1 is 1.31 bits per heavy atom. The van der Waals surface area contributed by atoms with Gasteiger partial charge in [-0.15, -0.1) is 0 Å². The van der Waals surface area contributed by atoms with E-state index in [4.69, 9.17) is 28.4 Å². The summed E-state index contributed by atoms with van der Waals surface area (Å²) in [5, 5.41) is 9.09. The van der Waals surface area contributed by atoms with Crippen LogP contribution in [0.15, 0.2) is 17.3 Å². The standard InChI is InChI=1S/C8H3Cl2F4NO/c9-5-2-3(8(12,13)14)1-4(6(5)11)7(10)15-16/h1-2,16H/b15-7+. The van der Waals surface area contributed by atoms with Gasteiger partial charge in [0.05, 0.1) is 16.1 Å². The predicted octanol–water partition coefficient (Wildman–Crippen LogP) is 3.87. The van der Waals surface area contributed by atoms with Crippen molar-refractivity contribution in [2.75, 3.05) is 0 Å².